The Morgan fingerprint density at radius 1 is 1.53 bits per heavy atom. The van der Waals surface area contributed by atoms with Gasteiger partial charge in [-0.05, 0) is 60.2 Å². The van der Waals surface area contributed by atoms with Crippen LogP contribution in [0, 0.1) is 5.41 Å². The van der Waals surface area contributed by atoms with E-state index in [1.54, 1.807) is 11.3 Å². The summed E-state index contributed by atoms with van der Waals surface area (Å²) in [7, 11) is 0. The lowest BCUT2D eigenvalue weighted by molar-refractivity contribution is -0.132. The number of nitrogens with zero attached hydrogens (tertiary/aromatic N) is 1. The number of hydrogen-bond acceptors (Lipinski definition) is 3. The van der Waals surface area contributed by atoms with Crippen molar-refractivity contribution in [3.05, 3.63) is 22.4 Å². The molecular weight excluding hydrogens is 256 g/mol. The van der Waals surface area contributed by atoms with Gasteiger partial charge in [-0.2, -0.15) is 11.3 Å². The molecule has 104 valence electrons. The van der Waals surface area contributed by atoms with Gasteiger partial charge in [0.15, 0.2) is 0 Å². The molecule has 1 atom stereocenters. The standard InChI is InChI=1S/C15H22N2OS/c1-2-14(18)17(10-12-3-8-19-11-12)13-9-15(13)4-6-16-7-5-15/h3,8,11,13,16H,2,4-7,9-10H2,1H3. The molecule has 1 saturated carbocycles. The predicted octanol–water partition coefficient (Wildman–Crippen LogP) is 2.63. The van der Waals surface area contributed by atoms with Crippen molar-refractivity contribution in [1.82, 2.24) is 10.2 Å². The minimum absolute atomic E-state index is 0.312. The monoisotopic (exact) mass is 278 g/mol. The minimum atomic E-state index is 0.312. The first-order valence-electron chi connectivity index (χ1n) is 7.26. The molecule has 1 amide bonds. The van der Waals surface area contributed by atoms with Crippen LogP contribution in [0.4, 0.5) is 0 Å². The predicted molar refractivity (Wildman–Crippen MR) is 78.1 cm³/mol. The fourth-order valence-electron chi connectivity index (χ4n) is 3.38. The van der Waals surface area contributed by atoms with Gasteiger partial charge < -0.3 is 10.2 Å². The summed E-state index contributed by atoms with van der Waals surface area (Å²) in [6.45, 7) is 5.00. The molecule has 4 heteroatoms. The van der Waals surface area contributed by atoms with Crippen molar-refractivity contribution in [2.45, 2.75) is 45.2 Å². The fraction of sp³-hybridized carbons (Fsp3) is 0.667. The van der Waals surface area contributed by atoms with E-state index in [2.05, 4.69) is 27.0 Å². The number of hydrogen-bond donors (Lipinski definition) is 1. The van der Waals surface area contributed by atoms with E-state index in [4.69, 9.17) is 0 Å². The number of piperidine rings is 1. The van der Waals surface area contributed by atoms with E-state index in [1.807, 2.05) is 6.92 Å². The van der Waals surface area contributed by atoms with E-state index in [-0.39, 0.29) is 0 Å². The van der Waals surface area contributed by atoms with Crippen molar-refractivity contribution in [2.75, 3.05) is 13.1 Å². The maximum atomic E-state index is 12.3. The summed E-state index contributed by atoms with van der Waals surface area (Å²) < 4.78 is 0. The summed E-state index contributed by atoms with van der Waals surface area (Å²) in [6.07, 6.45) is 4.29. The van der Waals surface area contributed by atoms with Crippen LogP contribution in [0.2, 0.25) is 0 Å². The Hall–Kier alpha value is -0.870. The van der Waals surface area contributed by atoms with Crippen LogP contribution in [0.15, 0.2) is 16.8 Å². The molecular formula is C15H22N2OS. The molecule has 3 rings (SSSR count). The molecule has 2 aliphatic rings. The highest BCUT2D eigenvalue weighted by molar-refractivity contribution is 7.07. The average molecular weight is 278 g/mol. The Labute approximate surface area is 119 Å². The molecule has 0 aromatic carbocycles. The number of thiophene rings is 1. The normalized spacial score (nSPS) is 24.4. The van der Waals surface area contributed by atoms with E-state index in [0.29, 0.717) is 23.8 Å². The van der Waals surface area contributed by atoms with Crippen molar-refractivity contribution in [1.29, 1.82) is 0 Å². The van der Waals surface area contributed by atoms with Gasteiger partial charge in [0.1, 0.15) is 0 Å². The van der Waals surface area contributed by atoms with Gasteiger partial charge in [-0.3, -0.25) is 4.79 Å². The van der Waals surface area contributed by atoms with Gasteiger partial charge >= 0.3 is 0 Å². The summed E-state index contributed by atoms with van der Waals surface area (Å²) in [5.41, 5.74) is 1.72. The molecule has 1 aromatic rings. The molecule has 2 heterocycles. The van der Waals surface area contributed by atoms with Gasteiger partial charge in [0.2, 0.25) is 5.91 Å². The van der Waals surface area contributed by atoms with E-state index >= 15 is 0 Å². The van der Waals surface area contributed by atoms with Crippen LogP contribution in [0.1, 0.15) is 38.2 Å². The van der Waals surface area contributed by atoms with Crippen LogP contribution < -0.4 is 5.32 Å². The highest BCUT2D eigenvalue weighted by atomic mass is 32.1. The van der Waals surface area contributed by atoms with Gasteiger partial charge in [0, 0.05) is 19.0 Å². The minimum Gasteiger partial charge on any atom is -0.335 e. The van der Waals surface area contributed by atoms with Gasteiger partial charge in [0.25, 0.3) is 0 Å². The molecule has 1 N–H and O–H groups in total. The fourth-order valence-corrected chi connectivity index (χ4v) is 4.04. The zero-order valence-electron chi connectivity index (χ0n) is 11.5. The third-order valence-electron chi connectivity index (χ3n) is 4.68. The topological polar surface area (TPSA) is 32.3 Å². The van der Waals surface area contributed by atoms with Crippen molar-refractivity contribution >= 4 is 17.2 Å². The number of nitrogens with one attached hydrogen (secondary N) is 1. The molecule has 1 aliphatic carbocycles. The Balaban J connectivity index is 1.71. The van der Waals surface area contributed by atoms with Gasteiger partial charge in [-0.25, -0.2) is 0 Å². The third kappa shape index (κ3) is 2.56. The SMILES string of the molecule is CCC(=O)N(Cc1ccsc1)C1CC12CCNCC2. The van der Waals surface area contributed by atoms with Crippen LogP contribution in [0.25, 0.3) is 0 Å². The first-order valence-corrected chi connectivity index (χ1v) is 8.21. The second kappa shape index (κ2) is 5.25. The van der Waals surface area contributed by atoms with E-state index < -0.39 is 0 Å². The molecule has 1 spiro atoms. The lowest BCUT2D eigenvalue weighted by atomic mass is 9.93. The van der Waals surface area contributed by atoms with Crippen molar-refractivity contribution in [3.63, 3.8) is 0 Å². The summed E-state index contributed by atoms with van der Waals surface area (Å²) >= 11 is 1.71. The molecule has 0 bridgehead atoms. The van der Waals surface area contributed by atoms with Crippen molar-refractivity contribution in [2.24, 2.45) is 5.41 Å². The van der Waals surface area contributed by atoms with Crippen LogP contribution in [0.5, 0.6) is 0 Å². The Morgan fingerprint density at radius 2 is 2.32 bits per heavy atom. The Morgan fingerprint density at radius 3 is 2.95 bits per heavy atom. The summed E-state index contributed by atoms with van der Waals surface area (Å²) in [6, 6.07) is 2.62. The third-order valence-corrected chi connectivity index (χ3v) is 5.41. The Bertz CT molecular complexity index is 437. The van der Waals surface area contributed by atoms with Crippen LogP contribution in [-0.2, 0) is 11.3 Å². The average Bonchev–Trinajstić information content (AvgIpc) is 2.90. The maximum absolute atomic E-state index is 12.3. The summed E-state index contributed by atoms with van der Waals surface area (Å²) in [4.78, 5) is 14.4. The van der Waals surface area contributed by atoms with Gasteiger partial charge in [-0.15, -0.1) is 0 Å². The van der Waals surface area contributed by atoms with Gasteiger partial charge in [-0.1, -0.05) is 6.92 Å². The molecule has 19 heavy (non-hydrogen) atoms. The van der Waals surface area contributed by atoms with E-state index in [9.17, 15) is 4.79 Å². The summed E-state index contributed by atoms with van der Waals surface area (Å²) in [5, 5.41) is 7.68. The molecule has 0 radical (unpaired) electrons. The second-order valence-corrected chi connectivity index (χ2v) is 6.62. The zero-order chi connectivity index (χ0) is 13.3. The zero-order valence-corrected chi connectivity index (χ0v) is 12.3. The smallest absolute Gasteiger partial charge is 0.222 e. The lowest BCUT2D eigenvalue weighted by Crippen LogP contribution is -2.38. The highest BCUT2D eigenvalue weighted by Gasteiger charge is 2.57. The molecule has 1 aromatic heterocycles. The quantitative estimate of drug-likeness (QED) is 0.918. The number of carbonyl (C=O) groups is 1. The van der Waals surface area contributed by atoms with Crippen LogP contribution in [-0.4, -0.2) is 29.9 Å². The number of rotatable bonds is 4. The van der Waals surface area contributed by atoms with Gasteiger partial charge in [0.05, 0.1) is 0 Å². The number of amides is 1. The van der Waals surface area contributed by atoms with Crippen molar-refractivity contribution < 1.29 is 4.79 Å². The first-order chi connectivity index (χ1) is 9.25. The lowest BCUT2D eigenvalue weighted by Gasteiger charge is -2.29. The summed E-state index contributed by atoms with van der Waals surface area (Å²) in [5.74, 6) is 0.312. The van der Waals surface area contributed by atoms with Crippen LogP contribution in [0.3, 0.4) is 0 Å². The maximum Gasteiger partial charge on any atom is 0.222 e. The second-order valence-electron chi connectivity index (χ2n) is 5.84. The Kier molecular flexibility index (Phi) is 3.63. The molecule has 1 saturated heterocycles. The van der Waals surface area contributed by atoms with E-state index in [1.165, 1.54) is 24.8 Å². The molecule has 2 fully saturated rings. The molecule has 1 unspecified atom stereocenters. The molecule has 1 aliphatic heterocycles. The highest BCUT2D eigenvalue weighted by Crippen LogP contribution is 2.56. The van der Waals surface area contributed by atoms with Crippen molar-refractivity contribution in [3.8, 4) is 0 Å². The van der Waals surface area contributed by atoms with E-state index in [0.717, 1.165) is 19.6 Å². The first kappa shape index (κ1) is 13.1. The largest absolute Gasteiger partial charge is 0.335 e. The van der Waals surface area contributed by atoms with Crippen LogP contribution >= 0.6 is 11.3 Å². The number of carbonyl (C=O) groups excluding carboxylic acids is 1. The molecule has 3 nitrogen and oxygen atoms in total.